The summed E-state index contributed by atoms with van der Waals surface area (Å²) < 4.78 is 2.27. The first-order chi connectivity index (χ1) is 13.6. The van der Waals surface area contributed by atoms with Crippen molar-refractivity contribution in [1.82, 2.24) is 5.43 Å². The third-order valence-corrected chi connectivity index (χ3v) is 6.31. The van der Waals surface area contributed by atoms with Gasteiger partial charge in [-0.2, -0.15) is 10.2 Å². The van der Waals surface area contributed by atoms with E-state index < -0.39 is 0 Å². The SMILES string of the molecule is NC(=NN=Cc1csc2ccc(Cl)cc12)NN=Cc1csc2ccc(Cl)cc12. The van der Waals surface area contributed by atoms with Crippen LogP contribution in [0.15, 0.2) is 62.5 Å². The standard InChI is InChI=1S/C19H13Cl2N5S2/c20-13-1-3-17-15(5-13)11(9-27-17)7-23-25-19(22)26-24-8-12-10-28-18-4-2-14(21)6-16(12)18/h1-10H,(H3,22,25,26). The van der Waals surface area contributed by atoms with Crippen LogP contribution in [0.25, 0.3) is 20.2 Å². The summed E-state index contributed by atoms with van der Waals surface area (Å²) in [7, 11) is 0. The van der Waals surface area contributed by atoms with Gasteiger partial charge in [-0.1, -0.05) is 23.2 Å². The van der Waals surface area contributed by atoms with Crippen LogP contribution in [-0.4, -0.2) is 18.4 Å². The minimum Gasteiger partial charge on any atom is -0.367 e. The topological polar surface area (TPSA) is 75.1 Å². The Morgan fingerprint density at radius 1 is 0.893 bits per heavy atom. The van der Waals surface area contributed by atoms with Crippen LogP contribution in [0.2, 0.25) is 10.0 Å². The highest BCUT2D eigenvalue weighted by atomic mass is 35.5. The molecule has 9 heteroatoms. The van der Waals surface area contributed by atoms with Gasteiger partial charge < -0.3 is 5.73 Å². The third-order valence-electron chi connectivity index (χ3n) is 3.88. The molecule has 4 rings (SSSR count). The van der Waals surface area contributed by atoms with E-state index in [0.717, 1.165) is 31.3 Å². The van der Waals surface area contributed by atoms with Gasteiger partial charge in [0.05, 0.1) is 12.4 Å². The molecule has 0 amide bonds. The fourth-order valence-electron chi connectivity index (χ4n) is 2.59. The molecular weight excluding hydrogens is 433 g/mol. The van der Waals surface area contributed by atoms with Crippen LogP contribution < -0.4 is 11.2 Å². The van der Waals surface area contributed by atoms with Crippen LogP contribution in [0.5, 0.6) is 0 Å². The number of halogens is 2. The van der Waals surface area contributed by atoms with Crippen molar-refractivity contribution in [3.05, 3.63) is 68.3 Å². The van der Waals surface area contributed by atoms with Gasteiger partial charge in [0.15, 0.2) is 0 Å². The highest BCUT2D eigenvalue weighted by molar-refractivity contribution is 7.17. The molecule has 4 aromatic rings. The molecule has 2 aromatic carbocycles. The average molecular weight is 446 g/mol. The van der Waals surface area contributed by atoms with Gasteiger partial charge >= 0.3 is 0 Å². The molecule has 0 unspecified atom stereocenters. The molecule has 0 saturated heterocycles. The molecule has 3 N–H and O–H groups in total. The highest BCUT2D eigenvalue weighted by Gasteiger charge is 2.03. The summed E-state index contributed by atoms with van der Waals surface area (Å²) in [6, 6.07) is 11.5. The zero-order valence-corrected chi connectivity index (χ0v) is 17.4. The van der Waals surface area contributed by atoms with E-state index in [9.17, 15) is 0 Å². The summed E-state index contributed by atoms with van der Waals surface area (Å²) in [6.45, 7) is 0. The van der Waals surface area contributed by atoms with E-state index in [4.69, 9.17) is 28.9 Å². The van der Waals surface area contributed by atoms with E-state index in [1.807, 2.05) is 47.2 Å². The maximum Gasteiger partial charge on any atom is 0.234 e. The molecular formula is C19H13Cl2N5S2. The van der Waals surface area contributed by atoms with Crippen molar-refractivity contribution in [3.63, 3.8) is 0 Å². The lowest BCUT2D eigenvalue weighted by molar-refractivity contribution is 0.994. The van der Waals surface area contributed by atoms with Gasteiger partial charge in [-0.3, -0.25) is 0 Å². The Labute approximate surface area is 178 Å². The molecule has 0 fully saturated rings. The van der Waals surface area contributed by atoms with Crippen molar-refractivity contribution < 1.29 is 0 Å². The van der Waals surface area contributed by atoms with E-state index in [2.05, 4.69) is 20.7 Å². The van der Waals surface area contributed by atoms with Crippen LogP contribution in [0.4, 0.5) is 0 Å². The van der Waals surface area contributed by atoms with Gasteiger partial charge in [0.25, 0.3) is 0 Å². The minimum absolute atomic E-state index is 0.0858. The summed E-state index contributed by atoms with van der Waals surface area (Å²) in [6.07, 6.45) is 3.32. The van der Waals surface area contributed by atoms with E-state index >= 15 is 0 Å². The molecule has 5 nitrogen and oxygen atoms in total. The molecule has 2 aromatic heterocycles. The van der Waals surface area contributed by atoms with Crippen molar-refractivity contribution in [2.75, 3.05) is 0 Å². The Hall–Kier alpha value is -2.45. The molecule has 0 radical (unpaired) electrons. The van der Waals surface area contributed by atoms with Gasteiger partial charge in [-0.25, -0.2) is 5.43 Å². The number of benzene rings is 2. The molecule has 0 atom stereocenters. The molecule has 0 aliphatic heterocycles. The molecule has 2 heterocycles. The number of nitrogens with zero attached hydrogens (tertiary/aromatic N) is 3. The maximum atomic E-state index is 6.06. The second-order valence-corrected chi connectivity index (χ2v) is 8.46. The van der Waals surface area contributed by atoms with Gasteiger partial charge in [-0.05, 0) is 36.4 Å². The summed E-state index contributed by atoms with van der Waals surface area (Å²) >= 11 is 15.4. The van der Waals surface area contributed by atoms with Crippen LogP contribution in [0.1, 0.15) is 11.1 Å². The quantitative estimate of drug-likeness (QED) is 0.240. The maximum absolute atomic E-state index is 6.06. The van der Waals surface area contributed by atoms with Gasteiger partial charge in [-0.15, -0.1) is 27.8 Å². The van der Waals surface area contributed by atoms with E-state index in [1.54, 1.807) is 35.1 Å². The lowest BCUT2D eigenvalue weighted by atomic mass is 10.2. The molecule has 0 aliphatic rings. The minimum atomic E-state index is 0.0858. The summed E-state index contributed by atoms with van der Waals surface area (Å²) in [5.74, 6) is 0.0858. The fourth-order valence-corrected chi connectivity index (χ4v) is 4.71. The van der Waals surface area contributed by atoms with Crippen molar-refractivity contribution >= 4 is 84.4 Å². The highest BCUT2D eigenvalue weighted by Crippen LogP contribution is 2.28. The second kappa shape index (κ2) is 8.28. The number of hydrazone groups is 1. The van der Waals surface area contributed by atoms with Crippen molar-refractivity contribution in [2.24, 2.45) is 21.0 Å². The largest absolute Gasteiger partial charge is 0.367 e. The van der Waals surface area contributed by atoms with Crippen molar-refractivity contribution in [2.45, 2.75) is 0 Å². The molecule has 0 aliphatic carbocycles. The number of rotatable bonds is 4. The Morgan fingerprint density at radius 3 is 2.07 bits per heavy atom. The fraction of sp³-hybridized carbons (Fsp3) is 0. The number of fused-ring (bicyclic) bond motifs is 2. The Kier molecular flexibility index (Phi) is 5.59. The molecule has 28 heavy (non-hydrogen) atoms. The van der Waals surface area contributed by atoms with Crippen LogP contribution in [-0.2, 0) is 0 Å². The Bertz CT molecular complexity index is 1240. The number of nitrogens with one attached hydrogen (secondary N) is 1. The first-order valence-corrected chi connectivity index (χ1v) is 10.6. The lowest BCUT2D eigenvalue weighted by Gasteiger charge is -1.96. The summed E-state index contributed by atoms with van der Waals surface area (Å²) in [5.41, 5.74) is 10.3. The van der Waals surface area contributed by atoms with E-state index in [0.29, 0.717) is 10.0 Å². The smallest absolute Gasteiger partial charge is 0.234 e. The predicted octanol–water partition coefficient (Wildman–Crippen LogP) is 5.70. The number of hydrogen-bond acceptors (Lipinski definition) is 5. The lowest BCUT2D eigenvalue weighted by Crippen LogP contribution is -2.26. The summed E-state index contributed by atoms with van der Waals surface area (Å²) in [5, 5.41) is 19.5. The second-order valence-electron chi connectivity index (χ2n) is 5.76. The van der Waals surface area contributed by atoms with Crippen molar-refractivity contribution in [1.29, 1.82) is 0 Å². The number of hydrogen-bond donors (Lipinski definition) is 2. The van der Waals surface area contributed by atoms with E-state index in [1.165, 1.54) is 0 Å². The Balaban J connectivity index is 1.44. The van der Waals surface area contributed by atoms with Crippen LogP contribution in [0, 0.1) is 0 Å². The van der Waals surface area contributed by atoms with Gasteiger partial charge in [0.2, 0.25) is 5.96 Å². The molecule has 0 saturated carbocycles. The average Bonchev–Trinajstić information content (AvgIpc) is 3.26. The van der Waals surface area contributed by atoms with Gasteiger partial charge in [0.1, 0.15) is 0 Å². The zero-order valence-electron chi connectivity index (χ0n) is 14.3. The molecule has 140 valence electrons. The van der Waals surface area contributed by atoms with Crippen LogP contribution >= 0.6 is 45.9 Å². The molecule has 0 bridgehead atoms. The predicted molar refractivity (Wildman–Crippen MR) is 124 cm³/mol. The van der Waals surface area contributed by atoms with Crippen molar-refractivity contribution in [3.8, 4) is 0 Å². The van der Waals surface area contributed by atoms with Crippen LogP contribution in [0.3, 0.4) is 0 Å². The zero-order chi connectivity index (χ0) is 19.5. The monoisotopic (exact) mass is 445 g/mol. The van der Waals surface area contributed by atoms with Gasteiger partial charge in [0, 0.05) is 52.1 Å². The third kappa shape index (κ3) is 4.18. The Morgan fingerprint density at radius 2 is 1.46 bits per heavy atom. The number of thiophene rings is 2. The molecule has 0 spiro atoms. The van der Waals surface area contributed by atoms with E-state index in [-0.39, 0.29) is 5.96 Å². The first-order valence-electron chi connectivity index (χ1n) is 8.09. The first kappa shape index (κ1) is 18.9. The number of nitrogens with two attached hydrogens (primary N) is 1. The number of guanidine groups is 1. The summed E-state index contributed by atoms with van der Waals surface area (Å²) in [4.78, 5) is 0. The normalized spacial score (nSPS) is 12.7.